The van der Waals surface area contributed by atoms with Crippen molar-refractivity contribution in [3.8, 4) is 69.0 Å². The third kappa shape index (κ3) is 6.56. The first kappa shape index (κ1) is 35.3. The van der Waals surface area contributed by atoms with E-state index in [1.165, 1.54) is 60.7 Å². The summed E-state index contributed by atoms with van der Waals surface area (Å²) in [5.74, 6) is -7.23. The molecule has 0 spiro atoms. The van der Waals surface area contributed by atoms with Gasteiger partial charge in [-0.2, -0.15) is 0 Å². The number of hydrogen-bond donors (Lipinski definition) is 12. The fraction of sp³-hybridized carbons (Fsp3) is 0.143. The lowest BCUT2D eigenvalue weighted by molar-refractivity contribution is 0.383. The van der Waals surface area contributed by atoms with Crippen LogP contribution in [0.3, 0.4) is 0 Å². The first-order chi connectivity index (χ1) is 25.7. The van der Waals surface area contributed by atoms with E-state index in [-0.39, 0.29) is 104 Å². The van der Waals surface area contributed by atoms with Gasteiger partial charge in [0, 0.05) is 76.4 Å². The number of phenols is 12. The van der Waals surface area contributed by atoms with E-state index < -0.39 is 23.7 Å². The molecular weight excluding hydrogens is 696 g/mol. The molecule has 0 aliphatic heterocycles. The molecule has 6 aromatic rings. The van der Waals surface area contributed by atoms with Crippen molar-refractivity contribution in [2.75, 3.05) is 0 Å². The van der Waals surface area contributed by atoms with Crippen LogP contribution in [0.25, 0.3) is 0 Å². The second-order valence-corrected chi connectivity index (χ2v) is 13.7. The molecule has 12 nitrogen and oxygen atoms in total. The zero-order valence-corrected chi connectivity index (χ0v) is 28.3. The van der Waals surface area contributed by atoms with Crippen LogP contribution in [0.4, 0.5) is 0 Å². The Morgan fingerprint density at radius 1 is 0.444 bits per heavy atom. The fourth-order valence-electron chi connectivity index (χ4n) is 8.08. The van der Waals surface area contributed by atoms with Gasteiger partial charge in [-0.25, -0.2) is 0 Å². The van der Waals surface area contributed by atoms with E-state index >= 15 is 0 Å². The minimum Gasteiger partial charge on any atom is -0.508 e. The second-order valence-electron chi connectivity index (χ2n) is 13.7. The summed E-state index contributed by atoms with van der Waals surface area (Å²) in [6.45, 7) is 0. The molecule has 54 heavy (non-hydrogen) atoms. The molecule has 276 valence electrons. The molecule has 1 aliphatic carbocycles. The summed E-state index contributed by atoms with van der Waals surface area (Å²) in [5, 5.41) is 130. The highest BCUT2D eigenvalue weighted by molar-refractivity contribution is 5.62. The van der Waals surface area contributed by atoms with E-state index in [1.807, 2.05) is 0 Å². The van der Waals surface area contributed by atoms with Crippen LogP contribution in [0, 0.1) is 0 Å². The molecule has 7 rings (SSSR count). The predicted octanol–water partition coefficient (Wildman–Crippen LogP) is 6.78. The molecule has 0 saturated heterocycles. The number of benzene rings is 6. The van der Waals surface area contributed by atoms with Crippen molar-refractivity contribution in [3.05, 3.63) is 142 Å². The standard InChI is InChI=1S/C42H36O12/c43-22-1-3-29(35(50)14-22)31(7-19-5-24(45)12-25(46)6-19)32-17-33(38(53)18-37(32)52)34-11-21-10-28(49)16-39(54)41(21)42(30-4-2-23(44)15-36(30)51)40(34)20-8-26(47)13-27(48)9-20/h1-6,8-10,12-18,31,34,40,42-54H,7,11H2/t31?,34-,40+,42+/m1/s1. The van der Waals surface area contributed by atoms with Crippen molar-refractivity contribution in [2.24, 2.45) is 0 Å². The zero-order chi connectivity index (χ0) is 38.6. The van der Waals surface area contributed by atoms with Gasteiger partial charge in [0.2, 0.25) is 0 Å². The fourth-order valence-corrected chi connectivity index (χ4v) is 8.08. The lowest BCUT2D eigenvalue weighted by Crippen LogP contribution is -2.28. The average Bonchev–Trinajstić information content (AvgIpc) is 3.06. The third-order valence-corrected chi connectivity index (χ3v) is 10.2. The molecule has 1 unspecified atom stereocenters. The predicted molar refractivity (Wildman–Crippen MR) is 195 cm³/mol. The Kier molecular flexibility index (Phi) is 8.82. The van der Waals surface area contributed by atoms with Crippen LogP contribution in [0.2, 0.25) is 0 Å². The SMILES string of the molecule is Oc1cc(O)cc(CC(c2ccc(O)cc2O)c2cc([C@H]3Cc4cc(O)cc(O)c4[C@@H](c4ccc(O)cc4O)[C@H]3c3cc(O)cc(O)c3)c(O)cc2O)c1. The maximum absolute atomic E-state index is 11.7. The van der Waals surface area contributed by atoms with E-state index in [0.717, 1.165) is 36.4 Å². The van der Waals surface area contributed by atoms with Crippen LogP contribution in [-0.2, 0) is 12.8 Å². The number of aromatic hydroxyl groups is 12. The number of phenolic OH excluding ortho intramolecular Hbond substituents is 12. The van der Waals surface area contributed by atoms with Crippen LogP contribution >= 0.6 is 0 Å². The molecule has 4 atom stereocenters. The summed E-state index contributed by atoms with van der Waals surface area (Å²) >= 11 is 0. The summed E-state index contributed by atoms with van der Waals surface area (Å²) in [6, 6.07) is 20.9. The lowest BCUT2D eigenvalue weighted by atomic mass is 9.61. The Labute approximate surface area is 307 Å². The van der Waals surface area contributed by atoms with Crippen molar-refractivity contribution in [2.45, 2.75) is 36.5 Å². The highest BCUT2D eigenvalue weighted by Crippen LogP contribution is 2.59. The van der Waals surface area contributed by atoms with Crippen LogP contribution in [0.15, 0.2) is 97.1 Å². The molecule has 0 heterocycles. The van der Waals surface area contributed by atoms with Gasteiger partial charge in [-0.15, -0.1) is 0 Å². The number of rotatable bonds is 7. The molecule has 0 saturated carbocycles. The Morgan fingerprint density at radius 3 is 1.61 bits per heavy atom. The Morgan fingerprint density at radius 2 is 0.981 bits per heavy atom. The van der Waals surface area contributed by atoms with Gasteiger partial charge in [-0.1, -0.05) is 12.1 Å². The normalized spacial score (nSPS) is 17.1. The third-order valence-electron chi connectivity index (χ3n) is 10.2. The van der Waals surface area contributed by atoms with E-state index in [0.29, 0.717) is 22.3 Å². The molecule has 0 aromatic heterocycles. The van der Waals surface area contributed by atoms with E-state index in [1.54, 1.807) is 0 Å². The Balaban J connectivity index is 1.50. The second kappa shape index (κ2) is 13.5. The summed E-state index contributed by atoms with van der Waals surface area (Å²) in [6.07, 6.45) is 0.0161. The minimum absolute atomic E-state index is 0.0127. The maximum Gasteiger partial charge on any atom is 0.123 e. The molecule has 0 amide bonds. The molecule has 0 radical (unpaired) electrons. The largest absolute Gasteiger partial charge is 0.508 e. The van der Waals surface area contributed by atoms with Gasteiger partial charge in [0.05, 0.1) is 0 Å². The van der Waals surface area contributed by atoms with Gasteiger partial charge in [0.25, 0.3) is 0 Å². The van der Waals surface area contributed by atoms with Gasteiger partial charge in [-0.3, -0.25) is 0 Å². The first-order valence-electron chi connectivity index (χ1n) is 16.9. The van der Waals surface area contributed by atoms with Gasteiger partial charge in [0.15, 0.2) is 0 Å². The van der Waals surface area contributed by atoms with Crippen LogP contribution in [0.5, 0.6) is 69.0 Å². The number of fused-ring (bicyclic) bond motifs is 1. The van der Waals surface area contributed by atoms with Gasteiger partial charge >= 0.3 is 0 Å². The van der Waals surface area contributed by atoms with E-state index in [4.69, 9.17) is 0 Å². The quantitative estimate of drug-likeness (QED) is 0.0812. The Bertz CT molecular complexity index is 2380. The zero-order valence-electron chi connectivity index (χ0n) is 28.3. The van der Waals surface area contributed by atoms with Crippen molar-refractivity contribution in [3.63, 3.8) is 0 Å². The summed E-state index contributed by atoms with van der Waals surface area (Å²) in [5.41, 5.74) is 2.32. The monoisotopic (exact) mass is 732 g/mol. The molecular formula is C42H36O12. The molecule has 1 aliphatic rings. The average molecular weight is 733 g/mol. The van der Waals surface area contributed by atoms with E-state index in [2.05, 4.69) is 0 Å². The van der Waals surface area contributed by atoms with Crippen LogP contribution in [-0.4, -0.2) is 61.3 Å². The van der Waals surface area contributed by atoms with Crippen LogP contribution < -0.4 is 0 Å². The summed E-state index contributed by atoms with van der Waals surface area (Å²) < 4.78 is 0. The topological polar surface area (TPSA) is 243 Å². The summed E-state index contributed by atoms with van der Waals surface area (Å²) in [7, 11) is 0. The first-order valence-corrected chi connectivity index (χ1v) is 16.9. The minimum atomic E-state index is -0.995. The lowest BCUT2D eigenvalue weighted by Gasteiger charge is -2.41. The highest BCUT2D eigenvalue weighted by atomic mass is 16.3. The molecule has 6 aromatic carbocycles. The van der Waals surface area contributed by atoms with Gasteiger partial charge in [0.1, 0.15) is 69.0 Å². The number of hydrogen-bond acceptors (Lipinski definition) is 12. The molecule has 12 N–H and O–H groups in total. The van der Waals surface area contributed by atoms with Crippen molar-refractivity contribution in [1.29, 1.82) is 0 Å². The van der Waals surface area contributed by atoms with Crippen molar-refractivity contribution < 1.29 is 61.3 Å². The maximum atomic E-state index is 11.7. The molecule has 0 fully saturated rings. The molecule has 0 bridgehead atoms. The van der Waals surface area contributed by atoms with Crippen LogP contribution in [0.1, 0.15) is 68.2 Å². The highest BCUT2D eigenvalue weighted by Gasteiger charge is 2.44. The van der Waals surface area contributed by atoms with Crippen molar-refractivity contribution in [1.82, 2.24) is 0 Å². The summed E-state index contributed by atoms with van der Waals surface area (Å²) in [4.78, 5) is 0. The Hall–Kier alpha value is -7.08. The molecule has 12 heteroatoms. The van der Waals surface area contributed by atoms with E-state index in [9.17, 15) is 61.3 Å². The van der Waals surface area contributed by atoms with Gasteiger partial charge in [-0.05, 0) is 89.5 Å². The van der Waals surface area contributed by atoms with Crippen molar-refractivity contribution >= 4 is 0 Å². The smallest absolute Gasteiger partial charge is 0.123 e. The van der Waals surface area contributed by atoms with Gasteiger partial charge < -0.3 is 61.3 Å².